The number of rotatable bonds is 4. The Morgan fingerprint density at radius 2 is 2.10 bits per heavy atom. The second-order valence-electron chi connectivity index (χ2n) is 4.31. The molecule has 2 aromatic rings. The molecule has 0 spiro atoms. The SMILES string of the molecule is CNCc1ccc(Sc2cnn(C)c2)c(C(F)(F)F)c1. The van der Waals surface area contributed by atoms with E-state index >= 15 is 0 Å². The zero-order chi connectivity index (χ0) is 14.8. The lowest BCUT2D eigenvalue weighted by Crippen LogP contribution is -2.10. The molecule has 0 aliphatic rings. The quantitative estimate of drug-likeness (QED) is 0.939. The third kappa shape index (κ3) is 3.55. The van der Waals surface area contributed by atoms with Crippen LogP contribution in [0.25, 0.3) is 0 Å². The van der Waals surface area contributed by atoms with Crippen molar-refractivity contribution >= 4 is 11.8 Å². The van der Waals surface area contributed by atoms with Gasteiger partial charge in [0, 0.05) is 24.7 Å². The summed E-state index contributed by atoms with van der Waals surface area (Å²) in [4.78, 5) is 0.865. The summed E-state index contributed by atoms with van der Waals surface area (Å²) in [6.07, 6.45) is -1.13. The summed E-state index contributed by atoms with van der Waals surface area (Å²) < 4.78 is 40.9. The van der Waals surface area contributed by atoms with Gasteiger partial charge in [-0.25, -0.2) is 0 Å². The molecule has 0 unspecified atom stereocenters. The molecule has 0 bridgehead atoms. The van der Waals surface area contributed by atoms with E-state index in [1.54, 1.807) is 37.2 Å². The number of aryl methyl sites for hydroxylation is 1. The van der Waals surface area contributed by atoms with Gasteiger partial charge in [-0.05, 0) is 24.7 Å². The zero-order valence-corrected chi connectivity index (χ0v) is 11.8. The van der Waals surface area contributed by atoms with E-state index in [9.17, 15) is 13.2 Å². The Labute approximate surface area is 119 Å². The molecule has 1 heterocycles. The predicted octanol–water partition coefficient (Wildman–Crippen LogP) is 3.31. The van der Waals surface area contributed by atoms with Crippen molar-refractivity contribution in [1.29, 1.82) is 0 Å². The highest BCUT2D eigenvalue weighted by Crippen LogP contribution is 2.39. The molecule has 1 aromatic carbocycles. The van der Waals surface area contributed by atoms with Gasteiger partial charge in [0.05, 0.1) is 16.7 Å². The highest BCUT2D eigenvalue weighted by molar-refractivity contribution is 7.99. The van der Waals surface area contributed by atoms with Crippen LogP contribution in [0, 0.1) is 0 Å². The zero-order valence-electron chi connectivity index (χ0n) is 11.0. The molecule has 0 saturated heterocycles. The van der Waals surface area contributed by atoms with Gasteiger partial charge in [-0.1, -0.05) is 17.8 Å². The van der Waals surface area contributed by atoms with Crippen LogP contribution in [0.2, 0.25) is 0 Å². The maximum atomic E-state index is 13.1. The molecule has 108 valence electrons. The molecule has 0 aliphatic heterocycles. The Bertz CT molecular complexity index is 593. The van der Waals surface area contributed by atoms with E-state index in [2.05, 4.69) is 10.4 Å². The van der Waals surface area contributed by atoms with Gasteiger partial charge in [0.2, 0.25) is 0 Å². The summed E-state index contributed by atoms with van der Waals surface area (Å²) in [7, 11) is 3.43. The Morgan fingerprint density at radius 3 is 2.65 bits per heavy atom. The summed E-state index contributed by atoms with van der Waals surface area (Å²) in [6.45, 7) is 0.404. The Morgan fingerprint density at radius 1 is 1.35 bits per heavy atom. The summed E-state index contributed by atoms with van der Waals surface area (Å²) in [6, 6.07) is 4.40. The number of aromatic nitrogens is 2. The molecule has 20 heavy (non-hydrogen) atoms. The molecule has 2 rings (SSSR count). The van der Waals surface area contributed by atoms with Crippen molar-refractivity contribution < 1.29 is 13.2 Å². The van der Waals surface area contributed by atoms with Crippen LogP contribution in [0.5, 0.6) is 0 Å². The van der Waals surface area contributed by atoms with Crippen LogP contribution >= 0.6 is 11.8 Å². The standard InChI is InChI=1S/C13H14F3N3S/c1-17-6-9-3-4-12(11(5-9)13(14,15)16)20-10-7-18-19(2)8-10/h3-5,7-8,17H,6H2,1-2H3. The number of halogens is 3. The lowest BCUT2D eigenvalue weighted by Gasteiger charge is -2.13. The van der Waals surface area contributed by atoms with E-state index < -0.39 is 11.7 Å². The number of alkyl halides is 3. The number of benzene rings is 1. The van der Waals surface area contributed by atoms with Gasteiger partial charge in [0.1, 0.15) is 0 Å². The average Bonchev–Trinajstić information content (AvgIpc) is 2.76. The topological polar surface area (TPSA) is 29.9 Å². The molecule has 0 fully saturated rings. The van der Waals surface area contributed by atoms with Crippen LogP contribution in [0.15, 0.2) is 40.4 Å². The first-order chi connectivity index (χ1) is 9.40. The fourth-order valence-electron chi connectivity index (χ4n) is 1.78. The minimum absolute atomic E-state index is 0.186. The van der Waals surface area contributed by atoms with Gasteiger partial charge in [0.25, 0.3) is 0 Å². The summed E-state index contributed by atoms with van der Waals surface area (Å²) in [5.74, 6) is 0. The fourth-order valence-corrected chi connectivity index (χ4v) is 2.76. The van der Waals surface area contributed by atoms with Crippen molar-refractivity contribution in [2.45, 2.75) is 22.5 Å². The first kappa shape index (κ1) is 14.9. The highest BCUT2D eigenvalue weighted by atomic mass is 32.2. The second-order valence-corrected chi connectivity index (χ2v) is 5.43. The maximum Gasteiger partial charge on any atom is 0.417 e. The van der Waals surface area contributed by atoms with E-state index in [-0.39, 0.29) is 4.90 Å². The molecule has 0 amide bonds. The maximum absolute atomic E-state index is 13.1. The second kappa shape index (κ2) is 5.88. The lowest BCUT2D eigenvalue weighted by molar-refractivity contribution is -0.139. The largest absolute Gasteiger partial charge is 0.417 e. The van der Waals surface area contributed by atoms with Crippen molar-refractivity contribution in [3.05, 3.63) is 41.7 Å². The first-order valence-electron chi connectivity index (χ1n) is 5.91. The van der Waals surface area contributed by atoms with Crippen LogP contribution < -0.4 is 5.32 Å². The molecule has 3 nitrogen and oxygen atoms in total. The van der Waals surface area contributed by atoms with E-state index in [4.69, 9.17) is 0 Å². The summed E-state index contributed by atoms with van der Waals surface area (Å²) in [5.41, 5.74) is -0.00513. The van der Waals surface area contributed by atoms with Gasteiger partial charge >= 0.3 is 6.18 Å². The molecule has 1 aromatic heterocycles. The van der Waals surface area contributed by atoms with Crippen molar-refractivity contribution in [2.24, 2.45) is 7.05 Å². The molecular weight excluding hydrogens is 287 g/mol. The number of nitrogens with one attached hydrogen (secondary N) is 1. The molecule has 0 radical (unpaired) electrons. The van der Waals surface area contributed by atoms with E-state index in [1.165, 1.54) is 12.1 Å². The van der Waals surface area contributed by atoms with Crippen molar-refractivity contribution in [1.82, 2.24) is 15.1 Å². The minimum atomic E-state index is -4.37. The van der Waals surface area contributed by atoms with E-state index in [1.807, 2.05) is 0 Å². The smallest absolute Gasteiger partial charge is 0.316 e. The van der Waals surface area contributed by atoms with Crippen LogP contribution in [0.3, 0.4) is 0 Å². The molecule has 1 N–H and O–H groups in total. The van der Waals surface area contributed by atoms with Crippen molar-refractivity contribution in [3.8, 4) is 0 Å². The average molecular weight is 301 g/mol. The monoisotopic (exact) mass is 301 g/mol. The van der Waals surface area contributed by atoms with Crippen LogP contribution in [0.4, 0.5) is 13.2 Å². The fraction of sp³-hybridized carbons (Fsp3) is 0.308. The van der Waals surface area contributed by atoms with Crippen molar-refractivity contribution in [3.63, 3.8) is 0 Å². The molecule has 7 heteroatoms. The number of hydrogen-bond acceptors (Lipinski definition) is 3. The number of nitrogens with zero attached hydrogens (tertiary/aromatic N) is 2. The van der Waals surface area contributed by atoms with E-state index in [0.717, 1.165) is 11.8 Å². The van der Waals surface area contributed by atoms with Crippen LogP contribution in [-0.4, -0.2) is 16.8 Å². The van der Waals surface area contributed by atoms with Gasteiger partial charge in [-0.3, -0.25) is 4.68 Å². The minimum Gasteiger partial charge on any atom is -0.316 e. The van der Waals surface area contributed by atoms with Gasteiger partial charge < -0.3 is 5.32 Å². The van der Waals surface area contributed by atoms with Gasteiger partial charge in [0.15, 0.2) is 0 Å². The third-order valence-corrected chi connectivity index (χ3v) is 3.66. The molecule has 0 saturated carbocycles. The first-order valence-corrected chi connectivity index (χ1v) is 6.73. The lowest BCUT2D eigenvalue weighted by atomic mass is 10.1. The highest BCUT2D eigenvalue weighted by Gasteiger charge is 2.34. The molecular formula is C13H14F3N3S. The molecule has 0 aliphatic carbocycles. The van der Waals surface area contributed by atoms with E-state index in [0.29, 0.717) is 17.0 Å². The Hall–Kier alpha value is -1.47. The summed E-state index contributed by atoms with van der Waals surface area (Å²) in [5, 5.41) is 6.80. The molecule has 0 atom stereocenters. The Kier molecular flexibility index (Phi) is 4.39. The number of hydrogen-bond donors (Lipinski definition) is 1. The van der Waals surface area contributed by atoms with Gasteiger partial charge in [-0.2, -0.15) is 18.3 Å². The van der Waals surface area contributed by atoms with Crippen LogP contribution in [-0.2, 0) is 19.8 Å². The van der Waals surface area contributed by atoms with Gasteiger partial charge in [-0.15, -0.1) is 0 Å². The van der Waals surface area contributed by atoms with Crippen molar-refractivity contribution in [2.75, 3.05) is 7.05 Å². The summed E-state index contributed by atoms with van der Waals surface area (Å²) >= 11 is 1.06. The third-order valence-electron chi connectivity index (χ3n) is 2.64. The predicted molar refractivity (Wildman–Crippen MR) is 71.5 cm³/mol. The normalized spacial score (nSPS) is 11.8. The van der Waals surface area contributed by atoms with Crippen LogP contribution in [0.1, 0.15) is 11.1 Å². The Balaban J connectivity index is 2.36.